The van der Waals surface area contributed by atoms with E-state index in [1.807, 2.05) is 0 Å². The van der Waals surface area contributed by atoms with Crippen LogP contribution in [0.4, 0.5) is 10.2 Å². The van der Waals surface area contributed by atoms with Gasteiger partial charge in [0.2, 0.25) is 0 Å². The number of hydrogen-bond donors (Lipinski definition) is 1. The maximum Gasteiger partial charge on any atom is 0.326 e. The molecule has 3 rings (SSSR count). The fourth-order valence-corrected chi connectivity index (χ4v) is 2.69. The minimum Gasteiger partial charge on any atom is -0.480 e. The van der Waals surface area contributed by atoms with Crippen LogP contribution in [0, 0.1) is 5.82 Å². The van der Waals surface area contributed by atoms with Gasteiger partial charge in [-0.05, 0) is 37.5 Å². The van der Waals surface area contributed by atoms with Gasteiger partial charge >= 0.3 is 5.97 Å². The summed E-state index contributed by atoms with van der Waals surface area (Å²) in [6.45, 7) is 0.611. The third-order valence-electron chi connectivity index (χ3n) is 3.64. The van der Waals surface area contributed by atoms with E-state index in [1.54, 1.807) is 11.0 Å². The number of hydrogen-bond acceptors (Lipinski definition) is 4. The van der Waals surface area contributed by atoms with Gasteiger partial charge in [0, 0.05) is 11.9 Å². The topological polar surface area (TPSA) is 66.3 Å². The van der Waals surface area contributed by atoms with Crippen molar-refractivity contribution >= 4 is 22.7 Å². The summed E-state index contributed by atoms with van der Waals surface area (Å²) in [5.41, 5.74) is 0.617. The van der Waals surface area contributed by atoms with Gasteiger partial charge in [-0.3, -0.25) is 0 Å². The van der Waals surface area contributed by atoms with E-state index in [9.17, 15) is 14.3 Å². The Labute approximate surface area is 115 Å². The first-order valence-corrected chi connectivity index (χ1v) is 6.56. The lowest BCUT2D eigenvalue weighted by Gasteiger charge is -2.34. The van der Waals surface area contributed by atoms with Crippen LogP contribution >= 0.6 is 0 Å². The number of aromatic nitrogens is 2. The number of carboxylic acid groups (broad SMARTS) is 1. The average molecular weight is 275 g/mol. The average Bonchev–Trinajstić information content (AvgIpc) is 2.46. The number of nitrogens with zero attached hydrogens (tertiary/aromatic N) is 3. The number of anilines is 1. The van der Waals surface area contributed by atoms with E-state index in [-0.39, 0.29) is 5.82 Å². The zero-order chi connectivity index (χ0) is 14.1. The molecular formula is C14H14FN3O2. The lowest BCUT2D eigenvalue weighted by molar-refractivity contribution is -0.139. The number of piperidine rings is 1. The van der Waals surface area contributed by atoms with Gasteiger partial charge < -0.3 is 10.0 Å². The second-order valence-electron chi connectivity index (χ2n) is 4.90. The Morgan fingerprint density at radius 2 is 2.20 bits per heavy atom. The summed E-state index contributed by atoms with van der Waals surface area (Å²) in [7, 11) is 0. The lowest BCUT2D eigenvalue weighted by atomic mass is 10.0. The van der Waals surface area contributed by atoms with E-state index in [1.165, 1.54) is 18.5 Å². The molecule has 1 aliphatic rings. The first-order chi connectivity index (χ1) is 9.66. The lowest BCUT2D eigenvalue weighted by Crippen LogP contribution is -2.45. The Balaban J connectivity index is 2.12. The van der Waals surface area contributed by atoms with Gasteiger partial charge in [0.25, 0.3) is 0 Å². The molecule has 1 atom stereocenters. The Bertz CT molecular complexity index is 662. The van der Waals surface area contributed by atoms with Crippen molar-refractivity contribution in [1.82, 2.24) is 9.97 Å². The molecule has 5 nitrogen and oxygen atoms in total. The van der Waals surface area contributed by atoms with Crippen molar-refractivity contribution in [2.24, 2.45) is 0 Å². The molecule has 1 aromatic heterocycles. The molecule has 0 saturated carbocycles. The number of aliphatic carboxylic acids is 1. The van der Waals surface area contributed by atoms with Crippen molar-refractivity contribution in [2.45, 2.75) is 25.3 Å². The van der Waals surface area contributed by atoms with Crippen molar-refractivity contribution in [3.63, 3.8) is 0 Å². The summed E-state index contributed by atoms with van der Waals surface area (Å²) in [5, 5.41) is 9.89. The van der Waals surface area contributed by atoms with Gasteiger partial charge in [0.15, 0.2) is 0 Å². The molecule has 1 aromatic carbocycles. The Morgan fingerprint density at radius 1 is 1.35 bits per heavy atom. The number of benzene rings is 1. The maximum absolute atomic E-state index is 13.4. The number of fused-ring (bicyclic) bond motifs is 1. The largest absolute Gasteiger partial charge is 0.480 e. The van der Waals surface area contributed by atoms with Gasteiger partial charge in [-0.2, -0.15) is 0 Å². The Morgan fingerprint density at radius 3 is 3.00 bits per heavy atom. The summed E-state index contributed by atoms with van der Waals surface area (Å²) >= 11 is 0. The molecule has 2 heterocycles. The van der Waals surface area contributed by atoms with Crippen LogP contribution < -0.4 is 4.90 Å². The van der Waals surface area contributed by atoms with Gasteiger partial charge in [-0.15, -0.1) is 0 Å². The monoisotopic (exact) mass is 275 g/mol. The van der Waals surface area contributed by atoms with Crippen molar-refractivity contribution in [2.75, 3.05) is 11.4 Å². The molecule has 1 unspecified atom stereocenters. The van der Waals surface area contributed by atoms with E-state index >= 15 is 0 Å². The minimum absolute atomic E-state index is 0.377. The maximum atomic E-state index is 13.4. The highest BCUT2D eigenvalue weighted by atomic mass is 19.1. The van der Waals surface area contributed by atoms with Crippen molar-refractivity contribution in [1.29, 1.82) is 0 Å². The van der Waals surface area contributed by atoms with E-state index in [0.717, 1.165) is 12.8 Å². The third-order valence-corrected chi connectivity index (χ3v) is 3.64. The van der Waals surface area contributed by atoms with Crippen LogP contribution in [0.2, 0.25) is 0 Å². The molecule has 104 valence electrons. The van der Waals surface area contributed by atoms with Crippen molar-refractivity contribution < 1.29 is 14.3 Å². The Hall–Kier alpha value is -2.24. The van der Waals surface area contributed by atoms with Gasteiger partial charge in [0.1, 0.15) is 24.0 Å². The third kappa shape index (κ3) is 2.17. The summed E-state index contributed by atoms with van der Waals surface area (Å²) < 4.78 is 13.4. The molecule has 1 N–H and O–H groups in total. The molecule has 0 bridgehead atoms. The van der Waals surface area contributed by atoms with Crippen LogP contribution in [0.25, 0.3) is 10.9 Å². The fourth-order valence-electron chi connectivity index (χ4n) is 2.69. The van der Waals surface area contributed by atoms with Crippen LogP contribution in [0.1, 0.15) is 19.3 Å². The van der Waals surface area contributed by atoms with Gasteiger partial charge in [0.05, 0.1) is 5.52 Å². The number of carbonyl (C=O) groups is 1. The predicted octanol–water partition coefficient (Wildman–Crippen LogP) is 2.21. The fraction of sp³-hybridized carbons (Fsp3) is 0.357. The summed E-state index contributed by atoms with van der Waals surface area (Å²) in [6.07, 6.45) is 3.76. The van der Waals surface area contributed by atoms with Crippen molar-refractivity contribution in [3.8, 4) is 0 Å². The van der Waals surface area contributed by atoms with Crippen LogP contribution in [-0.2, 0) is 4.79 Å². The number of carboxylic acids is 1. The molecule has 0 amide bonds. The Kier molecular flexibility index (Phi) is 3.22. The summed E-state index contributed by atoms with van der Waals surface area (Å²) in [4.78, 5) is 21.4. The van der Waals surface area contributed by atoms with E-state index in [4.69, 9.17) is 0 Å². The number of halogens is 1. The van der Waals surface area contributed by atoms with Gasteiger partial charge in [-0.1, -0.05) is 0 Å². The molecule has 0 radical (unpaired) electrons. The van der Waals surface area contributed by atoms with Crippen LogP contribution in [-0.4, -0.2) is 33.6 Å². The van der Waals surface area contributed by atoms with Crippen LogP contribution in [0.3, 0.4) is 0 Å². The summed E-state index contributed by atoms with van der Waals surface area (Å²) in [6, 6.07) is 3.67. The molecule has 1 aliphatic heterocycles. The van der Waals surface area contributed by atoms with Crippen molar-refractivity contribution in [3.05, 3.63) is 30.3 Å². The molecule has 6 heteroatoms. The second kappa shape index (κ2) is 5.03. The van der Waals surface area contributed by atoms with Crippen LogP contribution in [0.15, 0.2) is 24.5 Å². The molecule has 1 saturated heterocycles. The number of rotatable bonds is 2. The molecule has 20 heavy (non-hydrogen) atoms. The first-order valence-electron chi connectivity index (χ1n) is 6.56. The first kappa shape index (κ1) is 12.8. The minimum atomic E-state index is -0.868. The smallest absolute Gasteiger partial charge is 0.326 e. The van der Waals surface area contributed by atoms with Crippen LogP contribution in [0.5, 0.6) is 0 Å². The highest BCUT2D eigenvalue weighted by Crippen LogP contribution is 2.29. The highest BCUT2D eigenvalue weighted by molar-refractivity contribution is 5.91. The molecule has 0 spiro atoms. The molecule has 0 aliphatic carbocycles. The highest BCUT2D eigenvalue weighted by Gasteiger charge is 2.30. The second-order valence-corrected chi connectivity index (χ2v) is 4.90. The van der Waals surface area contributed by atoms with E-state index in [0.29, 0.717) is 29.7 Å². The quantitative estimate of drug-likeness (QED) is 0.910. The molecule has 2 aromatic rings. The van der Waals surface area contributed by atoms with Gasteiger partial charge in [-0.25, -0.2) is 19.2 Å². The predicted molar refractivity (Wildman–Crippen MR) is 72.1 cm³/mol. The molecule has 1 fully saturated rings. The normalized spacial score (nSPS) is 19.2. The van der Waals surface area contributed by atoms with E-state index in [2.05, 4.69) is 9.97 Å². The standard InChI is InChI=1S/C14H14FN3O2/c15-9-4-5-11-10(7-9)13(17-8-16-11)18-6-2-1-3-12(18)14(19)20/h4-5,7-8,12H,1-3,6H2,(H,19,20). The SMILES string of the molecule is O=C(O)C1CCCCN1c1ncnc2ccc(F)cc12. The molecular weight excluding hydrogens is 261 g/mol. The van der Waals surface area contributed by atoms with E-state index < -0.39 is 12.0 Å². The zero-order valence-corrected chi connectivity index (χ0v) is 10.8. The zero-order valence-electron chi connectivity index (χ0n) is 10.8. The summed E-state index contributed by atoms with van der Waals surface area (Å²) in [5.74, 6) is -0.744.